The van der Waals surface area contributed by atoms with Crippen molar-refractivity contribution in [2.24, 2.45) is 0 Å². The van der Waals surface area contributed by atoms with Crippen LogP contribution >= 0.6 is 31.9 Å². The lowest BCUT2D eigenvalue weighted by Gasteiger charge is -2.10. The van der Waals surface area contributed by atoms with Crippen LogP contribution in [0.2, 0.25) is 0 Å². The zero-order chi connectivity index (χ0) is 11.6. The van der Waals surface area contributed by atoms with Gasteiger partial charge in [0.15, 0.2) is 6.10 Å². The Balaban J connectivity index is 3.03. The van der Waals surface area contributed by atoms with Gasteiger partial charge in [-0.25, -0.2) is 9.18 Å². The second-order valence-corrected chi connectivity index (χ2v) is 4.53. The first kappa shape index (κ1) is 12.6. The molecule has 1 rings (SSSR count). The second kappa shape index (κ2) is 5.05. The van der Waals surface area contributed by atoms with Crippen LogP contribution in [0.15, 0.2) is 21.1 Å². The SMILES string of the molecule is O=C(O)C(O)Cc1c(Br)ccc(F)c1Br. The van der Waals surface area contributed by atoms with Gasteiger partial charge < -0.3 is 10.2 Å². The maximum Gasteiger partial charge on any atom is 0.332 e. The summed E-state index contributed by atoms with van der Waals surface area (Å²) in [5, 5.41) is 17.7. The van der Waals surface area contributed by atoms with Crippen molar-refractivity contribution >= 4 is 37.8 Å². The molecule has 0 aliphatic heterocycles. The van der Waals surface area contributed by atoms with Crippen LogP contribution in [0, 0.1) is 5.82 Å². The highest BCUT2D eigenvalue weighted by atomic mass is 79.9. The monoisotopic (exact) mass is 340 g/mol. The van der Waals surface area contributed by atoms with Crippen molar-refractivity contribution in [2.45, 2.75) is 12.5 Å². The maximum absolute atomic E-state index is 13.1. The van der Waals surface area contributed by atoms with Gasteiger partial charge in [-0.2, -0.15) is 0 Å². The molecule has 82 valence electrons. The molecule has 0 aromatic heterocycles. The molecule has 1 atom stereocenters. The third-order valence-electron chi connectivity index (χ3n) is 1.82. The molecule has 2 N–H and O–H groups in total. The highest BCUT2D eigenvalue weighted by molar-refractivity contribution is 9.11. The Bertz CT molecular complexity index is 395. The second-order valence-electron chi connectivity index (χ2n) is 2.88. The summed E-state index contributed by atoms with van der Waals surface area (Å²) in [6, 6.07) is 2.70. The van der Waals surface area contributed by atoms with Crippen molar-refractivity contribution in [1.29, 1.82) is 0 Å². The number of carboxylic acids is 1. The Morgan fingerprint density at radius 1 is 1.47 bits per heavy atom. The van der Waals surface area contributed by atoms with E-state index < -0.39 is 17.9 Å². The van der Waals surface area contributed by atoms with Crippen molar-refractivity contribution in [3.8, 4) is 0 Å². The molecular formula is C9H7Br2FO3. The van der Waals surface area contributed by atoms with E-state index in [1.165, 1.54) is 12.1 Å². The first-order valence-corrected chi connectivity index (χ1v) is 5.55. The predicted molar refractivity (Wildman–Crippen MR) is 59.1 cm³/mol. The first-order chi connectivity index (χ1) is 6.93. The smallest absolute Gasteiger partial charge is 0.332 e. The van der Waals surface area contributed by atoms with Crippen LogP contribution in [0.3, 0.4) is 0 Å². The lowest BCUT2D eigenvalue weighted by atomic mass is 10.1. The summed E-state index contributed by atoms with van der Waals surface area (Å²) in [7, 11) is 0. The number of hydrogen-bond donors (Lipinski definition) is 2. The Hall–Kier alpha value is -0.460. The fourth-order valence-electron chi connectivity index (χ4n) is 1.04. The van der Waals surface area contributed by atoms with Crippen molar-refractivity contribution in [2.75, 3.05) is 0 Å². The Morgan fingerprint density at radius 3 is 2.60 bits per heavy atom. The van der Waals surface area contributed by atoms with E-state index in [-0.39, 0.29) is 10.9 Å². The topological polar surface area (TPSA) is 57.5 Å². The van der Waals surface area contributed by atoms with Gasteiger partial charge in [-0.15, -0.1) is 0 Å². The van der Waals surface area contributed by atoms with E-state index in [0.717, 1.165) is 0 Å². The summed E-state index contributed by atoms with van der Waals surface area (Å²) in [5.74, 6) is -1.83. The summed E-state index contributed by atoms with van der Waals surface area (Å²) >= 11 is 6.16. The number of hydrogen-bond acceptors (Lipinski definition) is 2. The zero-order valence-corrected chi connectivity index (χ0v) is 10.5. The number of aliphatic hydroxyl groups excluding tert-OH is 1. The minimum absolute atomic E-state index is 0.158. The molecular weight excluding hydrogens is 335 g/mol. The molecule has 3 nitrogen and oxygen atoms in total. The van der Waals surface area contributed by atoms with Crippen molar-refractivity contribution in [1.82, 2.24) is 0 Å². The summed E-state index contributed by atoms with van der Waals surface area (Å²) in [6.45, 7) is 0. The lowest BCUT2D eigenvalue weighted by molar-refractivity contribution is -0.146. The van der Waals surface area contributed by atoms with Crippen LogP contribution in [-0.2, 0) is 11.2 Å². The molecule has 0 amide bonds. The highest BCUT2D eigenvalue weighted by Crippen LogP contribution is 2.29. The normalized spacial score (nSPS) is 12.5. The molecule has 0 fully saturated rings. The summed E-state index contributed by atoms with van der Waals surface area (Å²) in [4.78, 5) is 10.4. The quantitative estimate of drug-likeness (QED) is 0.830. The van der Waals surface area contributed by atoms with Gasteiger partial charge >= 0.3 is 5.97 Å². The highest BCUT2D eigenvalue weighted by Gasteiger charge is 2.18. The molecule has 0 bridgehead atoms. The summed E-state index contributed by atoms with van der Waals surface area (Å²) in [6.07, 6.45) is -1.70. The molecule has 0 aliphatic rings. The third-order valence-corrected chi connectivity index (χ3v) is 3.42. The number of benzene rings is 1. The van der Waals surface area contributed by atoms with Crippen LogP contribution < -0.4 is 0 Å². The first-order valence-electron chi connectivity index (χ1n) is 3.96. The van der Waals surface area contributed by atoms with Crippen LogP contribution in [0.1, 0.15) is 5.56 Å². The van der Waals surface area contributed by atoms with E-state index in [4.69, 9.17) is 10.2 Å². The molecule has 0 saturated heterocycles. The van der Waals surface area contributed by atoms with Crippen molar-refractivity contribution in [3.05, 3.63) is 32.5 Å². The van der Waals surface area contributed by atoms with Gasteiger partial charge in [-0.1, -0.05) is 15.9 Å². The molecule has 1 aromatic rings. The van der Waals surface area contributed by atoms with Crippen molar-refractivity contribution < 1.29 is 19.4 Å². The number of aliphatic carboxylic acids is 1. The minimum atomic E-state index is -1.54. The van der Waals surface area contributed by atoms with E-state index in [1.807, 2.05) is 0 Å². The molecule has 0 heterocycles. The minimum Gasteiger partial charge on any atom is -0.479 e. The van der Waals surface area contributed by atoms with Gasteiger partial charge in [0.2, 0.25) is 0 Å². The Kier molecular flexibility index (Phi) is 4.24. The van der Waals surface area contributed by atoms with Crippen molar-refractivity contribution in [3.63, 3.8) is 0 Å². The van der Waals surface area contributed by atoms with Crippen LogP contribution in [-0.4, -0.2) is 22.3 Å². The summed E-state index contributed by atoms with van der Waals surface area (Å²) < 4.78 is 13.8. The number of rotatable bonds is 3. The summed E-state index contributed by atoms with van der Waals surface area (Å²) in [5.41, 5.74) is 0.393. The molecule has 0 radical (unpaired) electrons. The third kappa shape index (κ3) is 2.99. The van der Waals surface area contributed by atoms with Gasteiger partial charge in [0.1, 0.15) is 5.82 Å². The molecule has 1 unspecified atom stereocenters. The van der Waals surface area contributed by atoms with Crippen LogP contribution in [0.4, 0.5) is 4.39 Å². The van der Waals surface area contributed by atoms with Gasteiger partial charge in [0.05, 0.1) is 4.47 Å². The molecule has 15 heavy (non-hydrogen) atoms. The Labute approximate surface area is 102 Å². The van der Waals surface area contributed by atoms with Gasteiger partial charge in [0, 0.05) is 10.9 Å². The molecule has 0 aliphatic carbocycles. The van der Waals surface area contributed by atoms with Crippen LogP contribution in [0.5, 0.6) is 0 Å². The average Bonchev–Trinajstić information content (AvgIpc) is 2.18. The van der Waals surface area contributed by atoms with Gasteiger partial charge in [0.25, 0.3) is 0 Å². The fourth-order valence-corrected chi connectivity index (χ4v) is 2.30. The maximum atomic E-state index is 13.1. The number of aliphatic hydroxyl groups is 1. The number of carbonyl (C=O) groups is 1. The zero-order valence-electron chi connectivity index (χ0n) is 7.38. The fraction of sp³-hybridized carbons (Fsp3) is 0.222. The van der Waals surface area contributed by atoms with E-state index in [0.29, 0.717) is 10.0 Å². The van der Waals surface area contributed by atoms with E-state index >= 15 is 0 Å². The molecule has 6 heteroatoms. The number of carboxylic acid groups (broad SMARTS) is 1. The predicted octanol–water partition coefficient (Wildman–Crippen LogP) is 2.34. The van der Waals surface area contributed by atoms with E-state index in [2.05, 4.69) is 31.9 Å². The standard InChI is InChI=1S/C9H7Br2FO3/c10-5-1-2-6(12)8(11)4(5)3-7(13)9(14)15/h1-2,7,13H,3H2,(H,14,15). The molecule has 1 aromatic carbocycles. The van der Waals surface area contributed by atoms with Gasteiger partial charge in [-0.05, 0) is 33.6 Å². The van der Waals surface area contributed by atoms with E-state index in [1.54, 1.807) is 0 Å². The van der Waals surface area contributed by atoms with Crippen LogP contribution in [0.25, 0.3) is 0 Å². The largest absolute Gasteiger partial charge is 0.479 e. The lowest BCUT2D eigenvalue weighted by Crippen LogP contribution is -2.22. The van der Waals surface area contributed by atoms with E-state index in [9.17, 15) is 9.18 Å². The Morgan fingerprint density at radius 2 is 2.07 bits per heavy atom. The average molecular weight is 342 g/mol. The molecule has 0 spiro atoms. The van der Waals surface area contributed by atoms with Gasteiger partial charge in [-0.3, -0.25) is 0 Å². The molecule has 0 saturated carbocycles. The number of halogens is 3.